The van der Waals surface area contributed by atoms with Crippen LogP contribution in [0.2, 0.25) is 5.02 Å². The second kappa shape index (κ2) is 9.69. The van der Waals surface area contributed by atoms with Crippen molar-refractivity contribution < 1.29 is 14.3 Å². The minimum absolute atomic E-state index is 0.0491. The van der Waals surface area contributed by atoms with E-state index in [9.17, 15) is 9.59 Å². The Labute approximate surface area is 193 Å². The number of hydrogen-bond acceptors (Lipinski definition) is 5. The van der Waals surface area contributed by atoms with Gasteiger partial charge in [-0.2, -0.15) is 5.10 Å². The molecule has 3 aromatic rings. The molecule has 0 aromatic carbocycles. The molecule has 8 heteroatoms. The summed E-state index contributed by atoms with van der Waals surface area (Å²) in [4.78, 5) is 29.7. The summed E-state index contributed by atoms with van der Waals surface area (Å²) < 4.78 is 9.03. The minimum Gasteiger partial charge on any atom is -0.453 e. The molecule has 0 bridgehead atoms. The number of rotatable bonds is 8. The molecule has 0 aliphatic rings. The fourth-order valence-corrected chi connectivity index (χ4v) is 3.83. The summed E-state index contributed by atoms with van der Waals surface area (Å²) in [6.07, 6.45) is 1.02. The van der Waals surface area contributed by atoms with Gasteiger partial charge in [0, 0.05) is 29.2 Å². The van der Waals surface area contributed by atoms with Crippen molar-refractivity contribution in [1.29, 1.82) is 0 Å². The number of carbonyl (C=O) groups excluding carboxylic acids is 2. The lowest BCUT2D eigenvalue weighted by Crippen LogP contribution is -2.17. The van der Waals surface area contributed by atoms with Gasteiger partial charge in [0.2, 0.25) is 5.78 Å². The molecule has 0 amide bonds. The number of ketones is 1. The standard InChI is InChI=1S/C24H29ClN4O3/c1-14(2)9-10-28-16(4)12-19(18(28)6)21(30)13-32-24(31)23-20(25)7-8-22(26-23)29-17(5)11-15(3)27-29/h7-8,11-12,14H,9-10,13H2,1-6H3. The van der Waals surface area contributed by atoms with Crippen molar-refractivity contribution in [1.82, 2.24) is 19.3 Å². The van der Waals surface area contributed by atoms with Crippen LogP contribution in [-0.2, 0) is 11.3 Å². The monoisotopic (exact) mass is 456 g/mol. The van der Waals surface area contributed by atoms with Crippen molar-refractivity contribution in [2.45, 2.75) is 54.5 Å². The van der Waals surface area contributed by atoms with Crippen LogP contribution in [0.3, 0.4) is 0 Å². The maximum atomic E-state index is 12.8. The highest BCUT2D eigenvalue weighted by Crippen LogP contribution is 2.20. The molecule has 0 radical (unpaired) electrons. The summed E-state index contributed by atoms with van der Waals surface area (Å²) in [5.74, 6) is 0.0131. The zero-order valence-electron chi connectivity index (χ0n) is 19.4. The van der Waals surface area contributed by atoms with Crippen molar-refractivity contribution in [3.8, 4) is 5.82 Å². The Hall–Kier alpha value is -2.93. The first-order chi connectivity index (χ1) is 15.1. The molecule has 0 atom stereocenters. The van der Waals surface area contributed by atoms with E-state index in [0.717, 1.165) is 35.7 Å². The lowest BCUT2D eigenvalue weighted by Gasteiger charge is -2.11. The van der Waals surface area contributed by atoms with Gasteiger partial charge in [0.15, 0.2) is 18.1 Å². The van der Waals surface area contributed by atoms with Gasteiger partial charge >= 0.3 is 5.97 Å². The van der Waals surface area contributed by atoms with Gasteiger partial charge in [-0.15, -0.1) is 0 Å². The van der Waals surface area contributed by atoms with E-state index in [2.05, 4.69) is 28.5 Å². The van der Waals surface area contributed by atoms with Gasteiger partial charge in [-0.1, -0.05) is 25.4 Å². The van der Waals surface area contributed by atoms with Crippen molar-refractivity contribution >= 4 is 23.4 Å². The first-order valence-electron chi connectivity index (χ1n) is 10.7. The van der Waals surface area contributed by atoms with Gasteiger partial charge in [-0.3, -0.25) is 4.79 Å². The third-order valence-electron chi connectivity index (χ3n) is 5.39. The highest BCUT2D eigenvalue weighted by atomic mass is 35.5. The lowest BCUT2D eigenvalue weighted by atomic mass is 10.1. The molecule has 0 spiro atoms. The molecule has 3 aromatic heterocycles. The van der Waals surface area contributed by atoms with Gasteiger partial charge in [-0.05, 0) is 64.3 Å². The normalized spacial score (nSPS) is 11.2. The SMILES string of the molecule is Cc1cc(C)n(-c2ccc(Cl)c(C(=O)OCC(=O)c3cc(C)n(CCC(C)C)c3C)n2)n1. The van der Waals surface area contributed by atoms with Crippen LogP contribution in [0, 0.1) is 33.6 Å². The largest absolute Gasteiger partial charge is 0.453 e. The summed E-state index contributed by atoms with van der Waals surface area (Å²) in [7, 11) is 0. The third kappa shape index (κ3) is 5.10. The van der Waals surface area contributed by atoms with Crippen molar-refractivity contribution in [3.63, 3.8) is 0 Å². The van der Waals surface area contributed by atoms with Gasteiger partial charge in [0.05, 0.1) is 10.7 Å². The topological polar surface area (TPSA) is 79.0 Å². The number of halogens is 1. The molecule has 3 rings (SSSR count). The van der Waals surface area contributed by atoms with E-state index in [0.29, 0.717) is 17.3 Å². The van der Waals surface area contributed by atoms with Gasteiger partial charge in [0.25, 0.3) is 0 Å². The summed E-state index contributed by atoms with van der Waals surface area (Å²) in [6, 6.07) is 7.00. The molecule has 0 saturated heterocycles. The van der Waals surface area contributed by atoms with Gasteiger partial charge in [-0.25, -0.2) is 14.5 Å². The number of hydrogen-bond donors (Lipinski definition) is 0. The Morgan fingerprint density at radius 3 is 2.44 bits per heavy atom. The molecular weight excluding hydrogens is 428 g/mol. The number of Topliss-reactive ketones (excluding diaryl/α,β-unsaturated/α-hetero) is 1. The molecule has 170 valence electrons. The first-order valence-corrected chi connectivity index (χ1v) is 11.0. The van der Waals surface area contributed by atoms with Gasteiger partial charge < -0.3 is 9.30 Å². The molecule has 7 nitrogen and oxygen atoms in total. The van der Waals surface area contributed by atoms with Crippen LogP contribution < -0.4 is 0 Å². The molecule has 0 unspecified atom stereocenters. The number of carbonyl (C=O) groups is 2. The van der Waals surface area contributed by atoms with E-state index in [1.807, 2.05) is 39.8 Å². The van der Waals surface area contributed by atoms with Crippen LogP contribution in [0.5, 0.6) is 0 Å². The van der Waals surface area contributed by atoms with Crippen LogP contribution in [0.1, 0.15) is 63.9 Å². The van der Waals surface area contributed by atoms with E-state index in [4.69, 9.17) is 16.3 Å². The van der Waals surface area contributed by atoms with Crippen LogP contribution in [0.25, 0.3) is 5.82 Å². The highest BCUT2D eigenvalue weighted by Gasteiger charge is 2.21. The lowest BCUT2D eigenvalue weighted by molar-refractivity contribution is 0.0469. The van der Waals surface area contributed by atoms with Crippen LogP contribution in [0.15, 0.2) is 24.3 Å². The Balaban J connectivity index is 1.73. The van der Waals surface area contributed by atoms with Gasteiger partial charge in [0.1, 0.15) is 0 Å². The maximum Gasteiger partial charge on any atom is 0.359 e. The molecular formula is C24H29ClN4O3. The highest BCUT2D eigenvalue weighted by molar-refractivity contribution is 6.33. The van der Waals surface area contributed by atoms with Crippen LogP contribution >= 0.6 is 11.6 Å². The zero-order valence-corrected chi connectivity index (χ0v) is 20.2. The summed E-state index contributed by atoms with van der Waals surface area (Å²) in [6.45, 7) is 12.5. The minimum atomic E-state index is -0.750. The Bertz CT molecular complexity index is 1160. The predicted octanol–water partition coefficient (Wildman–Crippen LogP) is 5.04. The van der Waals surface area contributed by atoms with E-state index in [1.54, 1.807) is 16.8 Å². The second-order valence-corrected chi connectivity index (χ2v) is 8.86. The number of pyridine rings is 1. The number of esters is 1. The summed E-state index contributed by atoms with van der Waals surface area (Å²) in [5, 5.41) is 4.53. The Morgan fingerprint density at radius 1 is 1.09 bits per heavy atom. The average molecular weight is 457 g/mol. The average Bonchev–Trinajstić information content (AvgIpc) is 3.22. The van der Waals surface area contributed by atoms with E-state index in [1.165, 1.54) is 0 Å². The van der Waals surface area contributed by atoms with Crippen molar-refractivity contribution in [2.24, 2.45) is 5.92 Å². The third-order valence-corrected chi connectivity index (χ3v) is 5.69. The Kier molecular flexibility index (Phi) is 7.19. The molecule has 0 N–H and O–H groups in total. The van der Waals surface area contributed by atoms with E-state index in [-0.39, 0.29) is 23.1 Å². The molecule has 0 fully saturated rings. The van der Waals surface area contributed by atoms with Crippen molar-refractivity contribution in [2.75, 3.05) is 6.61 Å². The summed E-state index contributed by atoms with van der Waals surface area (Å²) in [5.41, 5.74) is 4.12. The molecule has 0 aliphatic heterocycles. The second-order valence-electron chi connectivity index (χ2n) is 8.46. The molecule has 0 aliphatic carbocycles. The van der Waals surface area contributed by atoms with E-state index >= 15 is 0 Å². The maximum absolute atomic E-state index is 12.8. The van der Waals surface area contributed by atoms with Crippen molar-refractivity contribution in [3.05, 3.63) is 63.3 Å². The van der Waals surface area contributed by atoms with E-state index < -0.39 is 5.97 Å². The van der Waals surface area contributed by atoms with Crippen LogP contribution in [0.4, 0.5) is 0 Å². The number of aromatic nitrogens is 4. The predicted molar refractivity (Wildman–Crippen MR) is 124 cm³/mol. The molecule has 0 saturated carbocycles. The number of ether oxygens (including phenoxy) is 1. The quantitative estimate of drug-likeness (QED) is 0.350. The fraction of sp³-hybridized carbons (Fsp3) is 0.417. The Morgan fingerprint density at radius 2 is 1.81 bits per heavy atom. The zero-order chi connectivity index (χ0) is 23.6. The first kappa shape index (κ1) is 23.7. The fourth-order valence-electron chi connectivity index (χ4n) is 3.65. The summed E-state index contributed by atoms with van der Waals surface area (Å²) >= 11 is 6.18. The molecule has 32 heavy (non-hydrogen) atoms. The van der Waals surface area contributed by atoms with Crippen LogP contribution in [-0.4, -0.2) is 37.7 Å². The smallest absolute Gasteiger partial charge is 0.359 e. The molecule has 3 heterocycles. The number of nitrogens with zero attached hydrogens (tertiary/aromatic N) is 4. The number of aryl methyl sites for hydroxylation is 3.